The Morgan fingerprint density at radius 1 is 1.15 bits per heavy atom. The van der Waals surface area contributed by atoms with Crippen molar-refractivity contribution in [3.8, 4) is 0 Å². The van der Waals surface area contributed by atoms with Gasteiger partial charge in [0.1, 0.15) is 6.04 Å². The second-order valence-electron chi connectivity index (χ2n) is 7.45. The Morgan fingerprint density at radius 3 is 2.27 bits per heavy atom. The molecule has 1 aliphatic rings. The number of aliphatic carboxylic acids is 2. The first-order chi connectivity index (χ1) is 16.2. The van der Waals surface area contributed by atoms with Gasteiger partial charge >= 0.3 is 49.7 Å². The van der Waals surface area contributed by atoms with Crippen LogP contribution in [0.1, 0.15) is 26.1 Å². The average Bonchev–Trinajstić information content (AvgIpc) is 2.79. The number of carbonyl (C=O) groups excluding carboxylic acids is 2. The van der Waals surface area contributed by atoms with Crippen LogP contribution in [0.2, 0.25) is 0 Å². The van der Waals surface area contributed by atoms with E-state index in [1.54, 1.807) is 12.1 Å². The zero-order valence-corrected chi connectivity index (χ0v) is 23.2. The molecule has 0 spiro atoms. The number of H-pyrrole nitrogens is 1. The van der Waals surface area contributed by atoms with Gasteiger partial charge in [0.25, 0.3) is 11.5 Å². The molecule has 2 amide bonds. The second-order valence-corrected chi connectivity index (χ2v) is 7.45. The molecule has 1 aromatic heterocycles. The number of amides is 2. The van der Waals surface area contributed by atoms with Crippen LogP contribution in [0.25, 0.3) is 0 Å². The van der Waals surface area contributed by atoms with E-state index < -0.39 is 41.9 Å². The van der Waals surface area contributed by atoms with Crippen LogP contribution in [0.4, 0.5) is 23.1 Å². The Balaban J connectivity index is -0.000000405. The summed E-state index contributed by atoms with van der Waals surface area (Å²) in [5.74, 6) is -3.00. The molecule has 2 atom stereocenters. The van der Waals surface area contributed by atoms with Gasteiger partial charge in [0.05, 0.1) is 6.04 Å². The van der Waals surface area contributed by atoms with Gasteiger partial charge in [-0.2, -0.15) is 4.98 Å². The molecular weight excluding hydrogens is 570 g/mol. The molecule has 0 saturated heterocycles. The van der Waals surface area contributed by atoms with Gasteiger partial charge in [0, 0.05) is 30.8 Å². The first kappa shape index (κ1) is 43.5. The standard InChI is InChI=1S/C20H23N7O7.Ca.5H2O.2H/c21-20-25-16-15(18(32)26-20)27(9-28)12(8-23-16)7-22-11-3-1-10(2-4-11)17(31)24-13(19(33)34)5-6-14(29)30;;;;;;;;/h1-4,9,12-13,22H,5-8H2,(H,24,31)(H,29,30)(H,33,34)(H4,21,23,25,26,32);;5*1H2;;/q;+2;;;;;;2*-1/t12?,13-;;;;;;;;/m0......../s1. The maximum Gasteiger partial charge on any atom is 2.00 e. The number of hydrogen-bond acceptors (Lipinski definition) is 9. The van der Waals surface area contributed by atoms with E-state index in [2.05, 4.69) is 25.9 Å². The van der Waals surface area contributed by atoms with E-state index in [1.807, 2.05) is 0 Å². The van der Waals surface area contributed by atoms with Crippen LogP contribution >= 0.6 is 0 Å². The van der Waals surface area contributed by atoms with Crippen molar-refractivity contribution in [2.24, 2.45) is 0 Å². The van der Waals surface area contributed by atoms with E-state index in [0.717, 1.165) is 0 Å². The van der Waals surface area contributed by atoms with Crippen molar-refractivity contribution < 1.29 is 59.6 Å². The summed E-state index contributed by atoms with van der Waals surface area (Å²) < 4.78 is 0. The summed E-state index contributed by atoms with van der Waals surface area (Å²) in [6.45, 7) is 0.568. The summed E-state index contributed by atoms with van der Waals surface area (Å²) >= 11 is 0. The number of benzene rings is 1. The monoisotopic (exact) mass is 605 g/mol. The van der Waals surface area contributed by atoms with Crippen molar-refractivity contribution in [1.82, 2.24) is 15.3 Å². The fourth-order valence-electron chi connectivity index (χ4n) is 3.39. The number of hydrogen-bond donors (Lipinski definition) is 7. The summed E-state index contributed by atoms with van der Waals surface area (Å²) in [5, 5.41) is 26.3. The SMILES string of the molecule is Nc1nc2c(c(=O)[nH]1)N(C=O)C(CNc1ccc(C(=O)N[C@@H](CCC(=O)O)C(=O)O)cc1)CN2.O.O.O.O.O.[Ca+2].[H-].[H-]. The quantitative estimate of drug-likeness (QED) is 0.0992. The second kappa shape index (κ2) is 19.5. The fraction of sp³-hybridized carbons (Fsp3) is 0.300. The largest absolute Gasteiger partial charge is 2.00 e. The van der Waals surface area contributed by atoms with Crippen LogP contribution in [0, 0.1) is 0 Å². The molecule has 2 heterocycles. The summed E-state index contributed by atoms with van der Waals surface area (Å²) in [4.78, 5) is 65.7. The fourth-order valence-corrected chi connectivity index (χ4v) is 3.39. The number of aromatic nitrogens is 2. The molecule has 2 aromatic rings. The van der Waals surface area contributed by atoms with E-state index in [9.17, 15) is 29.1 Å². The van der Waals surface area contributed by atoms with Gasteiger partial charge < -0.3 is 67.0 Å². The number of rotatable bonds is 10. The van der Waals surface area contributed by atoms with Gasteiger partial charge in [-0.1, -0.05) is 0 Å². The Hall–Kier alpha value is -3.56. The number of fused-ring (bicyclic) bond motifs is 1. The van der Waals surface area contributed by atoms with Gasteiger partial charge in [0.2, 0.25) is 12.4 Å². The summed E-state index contributed by atoms with van der Waals surface area (Å²) in [5.41, 5.74) is 5.84. The molecule has 1 unspecified atom stereocenters. The summed E-state index contributed by atoms with van der Waals surface area (Å²) in [6, 6.07) is 4.36. The maximum atomic E-state index is 12.3. The smallest absolute Gasteiger partial charge is 1.00 e. The summed E-state index contributed by atoms with van der Waals surface area (Å²) in [6.07, 6.45) is -0.101. The molecule has 19 nitrogen and oxygen atoms in total. The number of nitrogens with two attached hydrogens (primary N) is 1. The Kier molecular flexibility index (Phi) is 21.2. The number of nitrogen functional groups attached to an aromatic ring is 1. The third-order valence-electron chi connectivity index (χ3n) is 5.12. The number of carboxylic acid groups (broad SMARTS) is 2. The average molecular weight is 606 g/mol. The van der Waals surface area contributed by atoms with E-state index in [4.69, 9.17) is 10.8 Å². The molecule has 1 aromatic carbocycles. The maximum absolute atomic E-state index is 12.3. The van der Waals surface area contributed by atoms with Crippen LogP contribution < -0.4 is 32.1 Å². The van der Waals surface area contributed by atoms with Crippen LogP contribution in [-0.4, -0.2) is 135 Å². The molecule has 224 valence electrons. The van der Waals surface area contributed by atoms with Crippen molar-refractivity contribution in [2.45, 2.75) is 24.9 Å². The minimum atomic E-state index is -1.33. The molecule has 0 radical (unpaired) electrons. The molecule has 40 heavy (non-hydrogen) atoms. The molecule has 20 heteroatoms. The van der Waals surface area contributed by atoms with Gasteiger partial charge in [-0.25, -0.2) is 4.79 Å². The number of nitrogens with zero attached hydrogens (tertiary/aromatic N) is 2. The van der Waals surface area contributed by atoms with Crippen LogP contribution in [0.15, 0.2) is 29.1 Å². The molecular formula is C20H35CaN7O12. The van der Waals surface area contributed by atoms with Crippen LogP contribution in [0.3, 0.4) is 0 Å². The predicted octanol–water partition coefficient (Wildman–Crippen LogP) is -5.01. The topological polar surface area (TPSA) is 377 Å². The molecule has 18 N–H and O–H groups in total. The molecule has 1 aliphatic heterocycles. The van der Waals surface area contributed by atoms with Crippen molar-refractivity contribution in [1.29, 1.82) is 0 Å². The van der Waals surface area contributed by atoms with Crippen LogP contribution in [-0.2, 0) is 14.4 Å². The molecule has 0 bridgehead atoms. The van der Waals surface area contributed by atoms with E-state index in [-0.39, 0.29) is 104 Å². The third kappa shape index (κ3) is 10.9. The van der Waals surface area contributed by atoms with Gasteiger partial charge in [0.15, 0.2) is 11.5 Å². The number of aromatic amines is 1. The number of anilines is 4. The summed E-state index contributed by atoms with van der Waals surface area (Å²) in [7, 11) is 0. The van der Waals surface area contributed by atoms with E-state index >= 15 is 0 Å². The molecule has 3 rings (SSSR count). The Labute approximate surface area is 258 Å². The minimum Gasteiger partial charge on any atom is -1.00 e. The first-order valence-electron chi connectivity index (χ1n) is 10.2. The van der Waals surface area contributed by atoms with E-state index in [0.29, 0.717) is 18.6 Å². The van der Waals surface area contributed by atoms with Crippen molar-refractivity contribution in [2.75, 3.05) is 34.4 Å². The van der Waals surface area contributed by atoms with Crippen LogP contribution in [0.5, 0.6) is 0 Å². The zero-order chi connectivity index (χ0) is 24.8. The first-order valence-corrected chi connectivity index (χ1v) is 10.2. The molecule has 0 aliphatic carbocycles. The van der Waals surface area contributed by atoms with Crippen molar-refractivity contribution in [3.05, 3.63) is 40.2 Å². The normalized spacial score (nSPS) is 13.1. The molecule has 0 fully saturated rings. The van der Waals surface area contributed by atoms with Gasteiger partial charge in [-0.15, -0.1) is 0 Å². The van der Waals surface area contributed by atoms with Crippen molar-refractivity contribution >= 4 is 85.1 Å². The molecule has 0 saturated carbocycles. The number of nitrogens with one attached hydrogen (secondary N) is 4. The Bertz CT molecular complexity index is 1180. The van der Waals surface area contributed by atoms with Gasteiger partial charge in [-0.3, -0.25) is 24.2 Å². The van der Waals surface area contributed by atoms with Gasteiger partial charge in [-0.05, 0) is 30.7 Å². The number of carbonyl (C=O) groups is 4. The predicted molar refractivity (Wildman–Crippen MR) is 147 cm³/mol. The van der Waals surface area contributed by atoms with Crippen molar-refractivity contribution in [3.63, 3.8) is 0 Å². The minimum absolute atomic E-state index is 0. The number of carboxylic acids is 2. The zero-order valence-electron chi connectivity index (χ0n) is 23.0. The van der Waals surface area contributed by atoms with E-state index in [1.165, 1.54) is 17.0 Å². The third-order valence-corrected chi connectivity index (χ3v) is 5.12. The Morgan fingerprint density at radius 2 is 1.75 bits per heavy atom.